The fourth-order valence-corrected chi connectivity index (χ4v) is 3.21. The van der Waals surface area contributed by atoms with Gasteiger partial charge in [0.05, 0.1) is 22.3 Å². The Labute approximate surface area is 167 Å². The predicted octanol–water partition coefficient (Wildman–Crippen LogP) is 4.51. The van der Waals surface area contributed by atoms with E-state index in [1.165, 1.54) is 11.0 Å². The van der Waals surface area contributed by atoms with Crippen molar-refractivity contribution >= 4 is 16.9 Å². The maximum Gasteiger partial charge on any atom is 0.254 e. The molecule has 2 heterocycles. The van der Waals surface area contributed by atoms with E-state index in [4.69, 9.17) is 0 Å². The van der Waals surface area contributed by atoms with Crippen LogP contribution in [-0.4, -0.2) is 39.9 Å². The van der Waals surface area contributed by atoms with E-state index in [9.17, 15) is 9.18 Å². The summed E-state index contributed by atoms with van der Waals surface area (Å²) in [7, 11) is 3.40. The molecule has 0 N–H and O–H groups in total. The Morgan fingerprint density at radius 1 is 0.897 bits per heavy atom. The molecule has 0 aliphatic carbocycles. The molecule has 1 amide bonds. The van der Waals surface area contributed by atoms with Gasteiger partial charge in [0.1, 0.15) is 5.82 Å². The summed E-state index contributed by atoms with van der Waals surface area (Å²) in [5.74, 6) is -0.406. The van der Waals surface area contributed by atoms with Gasteiger partial charge in [0.2, 0.25) is 0 Å². The highest BCUT2D eigenvalue weighted by molar-refractivity contribution is 5.97. The molecule has 0 saturated carbocycles. The monoisotopic (exact) mass is 386 g/mol. The average molecular weight is 386 g/mol. The van der Waals surface area contributed by atoms with Crippen molar-refractivity contribution in [1.29, 1.82) is 0 Å². The lowest BCUT2D eigenvalue weighted by molar-refractivity contribution is 0.0827. The molecule has 2 aromatic heterocycles. The van der Waals surface area contributed by atoms with Gasteiger partial charge in [0, 0.05) is 43.8 Å². The molecule has 0 aliphatic rings. The first-order valence-electron chi connectivity index (χ1n) is 9.13. The average Bonchev–Trinajstić information content (AvgIpc) is 2.74. The quantitative estimate of drug-likeness (QED) is 0.520. The molecule has 4 rings (SSSR count). The number of carbonyl (C=O) groups excluding carboxylic acids is 1. The van der Waals surface area contributed by atoms with Gasteiger partial charge in [0.15, 0.2) is 0 Å². The number of pyridine rings is 1. The van der Waals surface area contributed by atoms with Crippen LogP contribution >= 0.6 is 0 Å². The molecule has 6 heteroatoms. The molecular weight excluding hydrogens is 367 g/mol. The lowest BCUT2D eigenvalue weighted by Crippen LogP contribution is -2.21. The first kappa shape index (κ1) is 18.7. The van der Waals surface area contributed by atoms with E-state index in [1.54, 1.807) is 51.7 Å². The molecule has 0 bridgehead atoms. The predicted molar refractivity (Wildman–Crippen MR) is 111 cm³/mol. The number of aromatic nitrogens is 3. The van der Waals surface area contributed by atoms with Crippen LogP contribution in [0.5, 0.6) is 0 Å². The third kappa shape index (κ3) is 3.57. The molecule has 144 valence electrons. The van der Waals surface area contributed by atoms with Crippen LogP contribution in [0.4, 0.5) is 4.39 Å². The third-order valence-electron chi connectivity index (χ3n) is 4.75. The topological polar surface area (TPSA) is 59.0 Å². The summed E-state index contributed by atoms with van der Waals surface area (Å²) in [5.41, 5.74) is 5.63. The Morgan fingerprint density at radius 2 is 1.62 bits per heavy atom. The van der Waals surface area contributed by atoms with Gasteiger partial charge in [-0.2, -0.15) is 0 Å². The maximum atomic E-state index is 13.8. The number of nitrogens with zero attached hydrogens (tertiary/aromatic N) is 4. The van der Waals surface area contributed by atoms with E-state index >= 15 is 0 Å². The fourth-order valence-electron chi connectivity index (χ4n) is 3.21. The van der Waals surface area contributed by atoms with E-state index < -0.39 is 0 Å². The van der Waals surface area contributed by atoms with Crippen molar-refractivity contribution in [2.75, 3.05) is 14.1 Å². The summed E-state index contributed by atoms with van der Waals surface area (Å²) in [4.78, 5) is 27.3. The van der Waals surface area contributed by atoms with Crippen LogP contribution in [0, 0.1) is 12.7 Å². The smallest absolute Gasteiger partial charge is 0.254 e. The van der Waals surface area contributed by atoms with Crippen LogP contribution in [0.3, 0.4) is 0 Å². The van der Waals surface area contributed by atoms with Crippen LogP contribution in [0.1, 0.15) is 15.9 Å². The molecule has 0 saturated heterocycles. The number of fused-ring (bicyclic) bond motifs is 1. The molecule has 0 atom stereocenters. The molecule has 5 nitrogen and oxygen atoms in total. The molecule has 0 fully saturated rings. The van der Waals surface area contributed by atoms with E-state index in [0.29, 0.717) is 16.8 Å². The first-order valence-corrected chi connectivity index (χ1v) is 9.13. The van der Waals surface area contributed by atoms with Crippen molar-refractivity contribution in [1.82, 2.24) is 19.9 Å². The van der Waals surface area contributed by atoms with Crippen molar-refractivity contribution in [3.8, 4) is 22.4 Å². The fraction of sp³-hybridized carbons (Fsp3) is 0.130. The van der Waals surface area contributed by atoms with E-state index in [0.717, 1.165) is 27.7 Å². The van der Waals surface area contributed by atoms with E-state index in [-0.39, 0.29) is 11.7 Å². The summed E-state index contributed by atoms with van der Waals surface area (Å²) in [5, 5.41) is 0. The second-order valence-corrected chi connectivity index (χ2v) is 7.04. The molecule has 4 aromatic rings. The van der Waals surface area contributed by atoms with E-state index in [2.05, 4.69) is 15.0 Å². The second kappa shape index (κ2) is 7.39. The largest absolute Gasteiger partial charge is 0.345 e. The molecule has 0 radical (unpaired) electrons. The Bertz CT molecular complexity index is 1240. The summed E-state index contributed by atoms with van der Waals surface area (Å²) >= 11 is 0. The van der Waals surface area contributed by atoms with Crippen molar-refractivity contribution in [2.45, 2.75) is 6.92 Å². The van der Waals surface area contributed by atoms with Gasteiger partial charge in [-0.25, -0.2) is 4.39 Å². The number of rotatable bonds is 3. The SMILES string of the molecule is Cc1cc(-c2ncc(C(=O)N(C)C)cc2-c2ccc3nccnc3c2)ccc1F. The molecule has 0 spiro atoms. The zero-order valence-electron chi connectivity index (χ0n) is 16.3. The summed E-state index contributed by atoms with van der Waals surface area (Å²) in [6.45, 7) is 1.72. The number of aryl methyl sites for hydroxylation is 1. The molecule has 29 heavy (non-hydrogen) atoms. The summed E-state index contributed by atoms with van der Waals surface area (Å²) in [6.07, 6.45) is 4.84. The highest BCUT2D eigenvalue weighted by Gasteiger charge is 2.16. The number of halogens is 1. The minimum atomic E-state index is -0.268. The van der Waals surface area contributed by atoms with E-state index in [1.807, 2.05) is 24.3 Å². The molecule has 2 aromatic carbocycles. The number of amides is 1. The minimum absolute atomic E-state index is 0.138. The highest BCUT2D eigenvalue weighted by atomic mass is 19.1. The Hall–Kier alpha value is -3.67. The van der Waals surface area contributed by atoms with Gasteiger partial charge < -0.3 is 4.90 Å². The van der Waals surface area contributed by atoms with Gasteiger partial charge in [-0.3, -0.25) is 19.7 Å². The van der Waals surface area contributed by atoms with Gasteiger partial charge >= 0.3 is 0 Å². The van der Waals surface area contributed by atoms with Crippen molar-refractivity contribution in [2.24, 2.45) is 0 Å². The number of carbonyl (C=O) groups is 1. The standard InChI is InChI=1S/C23H19FN4O/c1-14-10-16(4-6-19(14)24)22-18(11-17(13-27-22)23(29)28(2)3)15-5-7-20-21(12-15)26-9-8-25-20/h4-13H,1-3H3. The van der Waals surface area contributed by atoms with Gasteiger partial charge in [0.25, 0.3) is 5.91 Å². The summed E-state index contributed by atoms with van der Waals surface area (Å²) < 4.78 is 13.8. The van der Waals surface area contributed by atoms with Gasteiger partial charge in [-0.1, -0.05) is 6.07 Å². The van der Waals surface area contributed by atoms with Gasteiger partial charge in [-0.05, 0) is 54.4 Å². The first-order chi connectivity index (χ1) is 13.9. The zero-order valence-corrected chi connectivity index (χ0v) is 16.3. The summed E-state index contributed by atoms with van der Waals surface area (Å²) in [6, 6.07) is 12.4. The van der Waals surface area contributed by atoms with Crippen molar-refractivity contribution in [3.63, 3.8) is 0 Å². The third-order valence-corrected chi connectivity index (χ3v) is 4.75. The highest BCUT2D eigenvalue weighted by Crippen LogP contribution is 2.33. The molecular formula is C23H19FN4O. The number of benzene rings is 2. The van der Waals surface area contributed by atoms with Crippen LogP contribution < -0.4 is 0 Å². The molecule has 0 unspecified atom stereocenters. The van der Waals surface area contributed by atoms with Crippen molar-refractivity contribution < 1.29 is 9.18 Å². The van der Waals surface area contributed by atoms with Crippen LogP contribution in [-0.2, 0) is 0 Å². The number of hydrogen-bond donors (Lipinski definition) is 0. The second-order valence-electron chi connectivity index (χ2n) is 7.04. The van der Waals surface area contributed by atoms with Crippen LogP contribution in [0.2, 0.25) is 0 Å². The maximum absolute atomic E-state index is 13.8. The van der Waals surface area contributed by atoms with Gasteiger partial charge in [-0.15, -0.1) is 0 Å². The normalized spacial score (nSPS) is 10.9. The minimum Gasteiger partial charge on any atom is -0.345 e. The van der Waals surface area contributed by atoms with Crippen LogP contribution in [0.15, 0.2) is 61.1 Å². The van der Waals surface area contributed by atoms with Crippen LogP contribution in [0.25, 0.3) is 33.4 Å². The zero-order chi connectivity index (χ0) is 20.5. The lowest BCUT2D eigenvalue weighted by atomic mass is 9.96. The van der Waals surface area contributed by atoms with Crippen molar-refractivity contribution in [3.05, 3.63) is 78.0 Å². The lowest BCUT2D eigenvalue weighted by Gasteiger charge is -2.15. The molecule has 0 aliphatic heterocycles. The Morgan fingerprint density at radius 3 is 2.34 bits per heavy atom. The Kier molecular flexibility index (Phi) is 4.76. The Balaban J connectivity index is 1.95. The number of hydrogen-bond acceptors (Lipinski definition) is 4.